The van der Waals surface area contributed by atoms with Crippen LogP contribution in [-0.4, -0.2) is 60.6 Å². The molecule has 7 heteroatoms. The molecule has 0 bridgehead atoms. The lowest BCUT2D eigenvalue weighted by Crippen LogP contribution is -2.53. The van der Waals surface area contributed by atoms with Gasteiger partial charge in [-0.3, -0.25) is 4.79 Å². The van der Waals surface area contributed by atoms with Gasteiger partial charge in [0.2, 0.25) is 0 Å². The summed E-state index contributed by atoms with van der Waals surface area (Å²) in [6.07, 6.45) is 1.49. The molecule has 2 heterocycles. The summed E-state index contributed by atoms with van der Waals surface area (Å²) in [5, 5.41) is 2.93. The smallest absolute Gasteiger partial charge is 0.321 e. The standard InChI is InChI=1S/C16H20IN3O3/c17-12-4-1-2-5-13(12)18-16(22)20-9-7-19(8-10-20)15(21)14-6-3-11-23-14/h1-2,4-5,14H,3,6-11H2,(H,18,22). The van der Waals surface area contributed by atoms with Gasteiger partial charge < -0.3 is 19.9 Å². The van der Waals surface area contributed by atoms with Crippen LogP contribution in [-0.2, 0) is 9.53 Å². The average molecular weight is 429 g/mol. The molecular formula is C16H20IN3O3. The number of rotatable bonds is 2. The Morgan fingerprint density at radius 2 is 1.83 bits per heavy atom. The molecule has 3 amide bonds. The van der Waals surface area contributed by atoms with Crippen LogP contribution in [0.3, 0.4) is 0 Å². The van der Waals surface area contributed by atoms with Crippen molar-refractivity contribution in [3.05, 3.63) is 27.8 Å². The first-order valence-corrected chi connectivity index (χ1v) is 8.94. The second-order valence-corrected chi connectivity index (χ2v) is 6.89. The van der Waals surface area contributed by atoms with Crippen molar-refractivity contribution >= 4 is 40.2 Å². The molecule has 1 unspecified atom stereocenters. The maximum atomic E-state index is 12.3. The molecule has 2 fully saturated rings. The molecule has 23 heavy (non-hydrogen) atoms. The fourth-order valence-corrected chi connectivity index (χ4v) is 3.39. The van der Waals surface area contributed by atoms with E-state index in [2.05, 4.69) is 27.9 Å². The molecular weight excluding hydrogens is 409 g/mol. The van der Waals surface area contributed by atoms with Crippen molar-refractivity contribution in [1.29, 1.82) is 0 Å². The molecule has 0 spiro atoms. The molecule has 3 rings (SSSR count). The molecule has 1 atom stereocenters. The van der Waals surface area contributed by atoms with Gasteiger partial charge in [-0.2, -0.15) is 0 Å². The summed E-state index contributed by atoms with van der Waals surface area (Å²) >= 11 is 2.20. The topological polar surface area (TPSA) is 61.9 Å². The van der Waals surface area contributed by atoms with Crippen LogP contribution in [0.25, 0.3) is 0 Å². The van der Waals surface area contributed by atoms with E-state index in [9.17, 15) is 9.59 Å². The Labute approximate surface area is 149 Å². The van der Waals surface area contributed by atoms with Crippen LogP contribution < -0.4 is 5.32 Å². The van der Waals surface area contributed by atoms with Gasteiger partial charge in [-0.05, 0) is 47.6 Å². The average Bonchev–Trinajstić information content (AvgIpc) is 3.11. The Morgan fingerprint density at radius 1 is 1.13 bits per heavy atom. The summed E-state index contributed by atoms with van der Waals surface area (Å²) in [4.78, 5) is 28.2. The van der Waals surface area contributed by atoms with Gasteiger partial charge in [0.25, 0.3) is 5.91 Å². The zero-order valence-electron chi connectivity index (χ0n) is 12.8. The normalized spacial score (nSPS) is 21.3. The number of benzene rings is 1. The van der Waals surface area contributed by atoms with Crippen LogP contribution in [0.2, 0.25) is 0 Å². The molecule has 124 valence electrons. The third-order valence-electron chi connectivity index (χ3n) is 4.20. The van der Waals surface area contributed by atoms with Gasteiger partial charge in [0.05, 0.1) is 5.69 Å². The number of hydrogen-bond donors (Lipinski definition) is 1. The van der Waals surface area contributed by atoms with Crippen molar-refractivity contribution < 1.29 is 14.3 Å². The van der Waals surface area contributed by atoms with E-state index < -0.39 is 0 Å². The van der Waals surface area contributed by atoms with Gasteiger partial charge in [-0.25, -0.2) is 4.79 Å². The van der Waals surface area contributed by atoms with Crippen molar-refractivity contribution in [2.24, 2.45) is 0 Å². The first-order valence-electron chi connectivity index (χ1n) is 7.86. The number of nitrogens with zero attached hydrogens (tertiary/aromatic N) is 2. The minimum absolute atomic E-state index is 0.0696. The van der Waals surface area contributed by atoms with Gasteiger partial charge in [-0.1, -0.05) is 12.1 Å². The van der Waals surface area contributed by atoms with Crippen LogP contribution in [0.5, 0.6) is 0 Å². The van der Waals surface area contributed by atoms with Crippen LogP contribution in [0.1, 0.15) is 12.8 Å². The first kappa shape index (κ1) is 16.5. The summed E-state index contributed by atoms with van der Waals surface area (Å²) < 4.78 is 6.45. The molecule has 0 aliphatic carbocycles. The van der Waals surface area contributed by atoms with E-state index >= 15 is 0 Å². The highest BCUT2D eigenvalue weighted by Crippen LogP contribution is 2.19. The van der Waals surface area contributed by atoms with Gasteiger partial charge in [0, 0.05) is 36.4 Å². The number of carbonyl (C=O) groups is 2. The molecule has 0 radical (unpaired) electrons. The van der Waals surface area contributed by atoms with Crippen molar-refractivity contribution in [2.75, 3.05) is 38.1 Å². The zero-order valence-corrected chi connectivity index (χ0v) is 15.0. The van der Waals surface area contributed by atoms with E-state index in [-0.39, 0.29) is 18.0 Å². The Morgan fingerprint density at radius 3 is 2.48 bits per heavy atom. The van der Waals surface area contributed by atoms with Gasteiger partial charge in [0.1, 0.15) is 6.10 Å². The molecule has 1 N–H and O–H groups in total. The van der Waals surface area contributed by atoms with Gasteiger partial charge in [-0.15, -0.1) is 0 Å². The number of hydrogen-bond acceptors (Lipinski definition) is 3. The van der Waals surface area contributed by atoms with Crippen molar-refractivity contribution in [1.82, 2.24) is 9.80 Å². The monoisotopic (exact) mass is 429 g/mol. The van der Waals surface area contributed by atoms with Gasteiger partial charge in [0.15, 0.2) is 0 Å². The lowest BCUT2D eigenvalue weighted by Gasteiger charge is -2.35. The van der Waals surface area contributed by atoms with E-state index in [0.717, 1.165) is 22.1 Å². The third kappa shape index (κ3) is 3.95. The Balaban J connectivity index is 1.51. The minimum Gasteiger partial charge on any atom is -0.368 e. The molecule has 0 saturated carbocycles. The number of para-hydroxylation sites is 1. The lowest BCUT2D eigenvalue weighted by molar-refractivity contribution is -0.142. The van der Waals surface area contributed by atoms with Crippen LogP contribution in [0.4, 0.5) is 10.5 Å². The second-order valence-electron chi connectivity index (χ2n) is 5.72. The highest BCUT2D eigenvalue weighted by molar-refractivity contribution is 14.1. The number of urea groups is 1. The summed E-state index contributed by atoms with van der Waals surface area (Å²) in [5.74, 6) is 0.0696. The SMILES string of the molecule is O=C(Nc1ccccc1I)N1CCN(C(=O)C2CCCO2)CC1. The Kier molecular flexibility index (Phi) is 5.37. The number of piperazine rings is 1. The van der Waals surface area contributed by atoms with Crippen LogP contribution in [0.15, 0.2) is 24.3 Å². The van der Waals surface area contributed by atoms with Crippen molar-refractivity contribution in [3.8, 4) is 0 Å². The van der Waals surface area contributed by atoms with E-state index in [0.29, 0.717) is 32.8 Å². The van der Waals surface area contributed by atoms with Gasteiger partial charge >= 0.3 is 6.03 Å². The van der Waals surface area contributed by atoms with Crippen LogP contribution >= 0.6 is 22.6 Å². The number of halogens is 1. The second kappa shape index (κ2) is 7.48. The highest BCUT2D eigenvalue weighted by Gasteiger charge is 2.31. The molecule has 2 saturated heterocycles. The Bertz CT molecular complexity index is 582. The van der Waals surface area contributed by atoms with Crippen molar-refractivity contribution in [3.63, 3.8) is 0 Å². The maximum Gasteiger partial charge on any atom is 0.321 e. The summed E-state index contributed by atoms with van der Waals surface area (Å²) in [5.41, 5.74) is 0.816. The number of ether oxygens (including phenoxy) is 1. The molecule has 1 aromatic carbocycles. The predicted molar refractivity (Wildman–Crippen MR) is 95.3 cm³/mol. The largest absolute Gasteiger partial charge is 0.368 e. The molecule has 6 nitrogen and oxygen atoms in total. The fourth-order valence-electron chi connectivity index (χ4n) is 2.86. The van der Waals surface area contributed by atoms with E-state index in [1.165, 1.54) is 0 Å². The fraction of sp³-hybridized carbons (Fsp3) is 0.500. The molecule has 2 aliphatic heterocycles. The number of carbonyl (C=O) groups excluding carboxylic acids is 2. The quantitative estimate of drug-likeness (QED) is 0.734. The summed E-state index contributed by atoms with van der Waals surface area (Å²) in [6.45, 7) is 2.91. The van der Waals surface area contributed by atoms with Crippen LogP contribution in [0, 0.1) is 3.57 Å². The minimum atomic E-state index is -0.277. The summed E-state index contributed by atoms with van der Waals surface area (Å²) in [7, 11) is 0. The Hall–Kier alpha value is -1.35. The summed E-state index contributed by atoms with van der Waals surface area (Å²) in [6, 6.07) is 7.56. The van der Waals surface area contributed by atoms with Crippen molar-refractivity contribution in [2.45, 2.75) is 18.9 Å². The number of anilines is 1. The highest BCUT2D eigenvalue weighted by atomic mass is 127. The van der Waals surface area contributed by atoms with E-state index in [1.807, 2.05) is 29.2 Å². The number of amides is 3. The molecule has 0 aromatic heterocycles. The van der Waals surface area contributed by atoms with E-state index in [1.54, 1.807) is 4.90 Å². The molecule has 2 aliphatic rings. The predicted octanol–water partition coefficient (Wildman–Crippen LogP) is 2.15. The number of nitrogens with one attached hydrogen (secondary N) is 1. The van der Waals surface area contributed by atoms with E-state index in [4.69, 9.17) is 4.74 Å². The zero-order chi connectivity index (χ0) is 16.2. The maximum absolute atomic E-state index is 12.3. The lowest BCUT2D eigenvalue weighted by atomic mass is 10.2. The molecule has 1 aromatic rings. The first-order chi connectivity index (χ1) is 11.1. The third-order valence-corrected chi connectivity index (χ3v) is 5.14.